The molecule has 2 rings (SSSR count). The fraction of sp³-hybridized carbons (Fsp3) is 0.556. The molecule has 0 aromatic heterocycles. The molecule has 0 radical (unpaired) electrons. The molecule has 0 amide bonds. The molecule has 0 saturated carbocycles. The minimum absolute atomic E-state index is 0.0361. The third-order valence-electron chi connectivity index (χ3n) is 7.11. The summed E-state index contributed by atoms with van der Waals surface area (Å²) in [6.45, 7) is 11.5. The van der Waals surface area contributed by atoms with Gasteiger partial charge in [0.15, 0.2) is 0 Å². The van der Waals surface area contributed by atoms with E-state index < -0.39 is 5.97 Å². The van der Waals surface area contributed by atoms with Gasteiger partial charge in [0.25, 0.3) is 0 Å². The number of nitrogens with zero attached hydrogens (tertiary/aromatic N) is 1. The molecule has 0 aliphatic rings. The molecule has 2 aromatic rings. The zero-order valence-electron chi connectivity index (χ0n) is 27.3. The van der Waals surface area contributed by atoms with Crippen LogP contribution in [0.4, 0.5) is 0 Å². The number of benzene rings is 2. The maximum Gasteiger partial charge on any atom is 0.343 e. The molecule has 242 valence electrons. The number of hydrogen-bond donors (Lipinski definition) is 0. The lowest BCUT2D eigenvalue weighted by atomic mass is 10.1. The maximum absolute atomic E-state index is 12.2. The molecule has 2 unspecified atom stereocenters. The Labute approximate surface area is 264 Å². The highest BCUT2D eigenvalue weighted by Gasteiger charge is 2.12. The van der Waals surface area contributed by atoms with Gasteiger partial charge in [-0.1, -0.05) is 66.7 Å². The lowest BCUT2D eigenvalue weighted by Crippen LogP contribution is -2.15. The van der Waals surface area contributed by atoms with Crippen LogP contribution < -0.4 is 9.47 Å². The van der Waals surface area contributed by atoms with Crippen LogP contribution in [-0.4, -0.2) is 37.7 Å². The van der Waals surface area contributed by atoms with Gasteiger partial charge in [0.1, 0.15) is 11.5 Å². The van der Waals surface area contributed by atoms with Crippen molar-refractivity contribution in [2.24, 2.45) is 11.8 Å². The summed E-state index contributed by atoms with van der Waals surface area (Å²) in [5.74, 6) is 0.352. The summed E-state index contributed by atoms with van der Waals surface area (Å²) in [7, 11) is 0. The van der Waals surface area contributed by atoms with Crippen LogP contribution in [0.5, 0.6) is 11.5 Å². The molecule has 0 aliphatic carbocycles. The van der Waals surface area contributed by atoms with Crippen LogP contribution in [0.2, 0.25) is 0 Å². The van der Waals surface area contributed by atoms with Gasteiger partial charge in [-0.05, 0) is 80.6 Å². The minimum Gasteiger partial charge on any atom is -0.494 e. The first kappa shape index (κ1) is 38.2. The van der Waals surface area contributed by atoms with Gasteiger partial charge in [-0.2, -0.15) is 5.26 Å². The summed E-state index contributed by atoms with van der Waals surface area (Å²) in [6, 6.07) is 15.0. The van der Waals surface area contributed by atoms with Crippen molar-refractivity contribution in [3.63, 3.8) is 0 Å². The summed E-state index contributed by atoms with van der Waals surface area (Å²) in [4.78, 5) is 35.0. The molecule has 2 atom stereocenters. The number of carbonyl (C=O) groups excluding carboxylic acids is 3. The highest BCUT2D eigenvalue weighted by molar-refractivity contribution is 5.91. The first-order valence-corrected chi connectivity index (χ1v) is 16.0. The first-order chi connectivity index (χ1) is 21.2. The number of esters is 3. The van der Waals surface area contributed by atoms with Crippen molar-refractivity contribution in [2.45, 2.75) is 98.8 Å². The number of unbranched alkanes of at least 4 members (excludes halogenated alkanes) is 6. The molecular weight excluding hydrogens is 558 g/mol. The Hall–Kier alpha value is -3.86. The molecule has 0 N–H and O–H groups in total. The van der Waals surface area contributed by atoms with Gasteiger partial charge >= 0.3 is 17.9 Å². The zero-order chi connectivity index (χ0) is 32.6. The van der Waals surface area contributed by atoms with E-state index in [2.05, 4.69) is 6.92 Å². The van der Waals surface area contributed by atoms with E-state index in [9.17, 15) is 14.4 Å². The zero-order valence-corrected chi connectivity index (χ0v) is 27.3. The Morgan fingerprint density at radius 2 is 1.14 bits per heavy atom. The quantitative estimate of drug-likeness (QED) is 0.0886. The third kappa shape index (κ3) is 16.7. The Morgan fingerprint density at radius 1 is 0.659 bits per heavy atom. The standard InChI is InChI=1S/C23H25NO5.C13H26O2/c1-3-17(2)22(25)28-15-5-4-14-27-20-12-8-19(9-13-20)23(26)29-21-10-6-18(16-24)7-11-21;1-4-6-7-8-9-10-11-15-13(14)12(3)5-2/h6-13,17H,3-5,14-15H2,1-2H3;12H,4-11H2,1-3H3. The van der Waals surface area contributed by atoms with E-state index in [0.717, 1.165) is 32.1 Å². The van der Waals surface area contributed by atoms with Crippen LogP contribution in [0, 0.1) is 23.2 Å². The molecule has 2 aromatic carbocycles. The molecule has 0 bridgehead atoms. The lowest BCUT2D eigenvalue weighted by molar-refractivity contribution is -0.149. The SMILES string of the molecule is CCC(C)C(=O)OCCCCOc1ccc(C(=O)Oc2ccc(C#N)cc2)cc1.CCCCCCCCOC(=O)C(C)CC. The van der Waals surface area contributed by atoms with Crippen LogP contribution in [0.1, 0.15) is 115 Å². The average molecular weight is 610 g/mol. The van der Waals surface area contributed by atoms with E-state index >= 15 is 0 Å². The molecule has 8 heteroatoms. The number of hydrogen-bond acceptors (Lipinski definition) is 8. The predicted molar refractivity (Wildman–Crippen MR) is 171 cm³/mol. The van der Waals surface area contributed by atoms with Gasteiger partial charge in [-0.25, -0.2) is 4.79 Å². The van der Waals surface area contributed by atoms with Crippen LogP contribution in [0.3, 0.4) is 0 Å². The monoisotopic (exact) mass is 609 g/mol. The number of nitriles is 1. The Kier molecular flexibility index (Phi) is 20.5. The van der Waals surface area contributed by atoms with Gasteiger partial charge in [-0.3, -0.25) is 9.59 Å². The van der Waals surface area contributed by atoms with Crippen LogP contribution in [0.25, 0.3) is 0 Å². The van der Waals surface area contributed by atoms with E-state index in [1.54, 1.807) is 48.5 Å². The Bertz CT molecular complexity index is 1120. The molecule has 8 nitrogen and oxygen atoms in total. The van der Waals surface area contributed by atoms with Crippen molar-refractivity contribution >= 4 is 17.9 Å². The van der Waals surface area contributed by atoms with Gasteiger partial charge in [0.2, 0.25) is 0 Å². The summed E-state index contributed by atoms with van der Waals surface area (Å²) in [5, 5.41) is 8.78. The topological polar surface area (TPSA) is 112 Å². The van der Waals surface area contributed by atoms with Crippen molar-refractivity contribution in [1.82, 2.24) is 0 Å². The van der Waals surface area contributed by atoms with E-state index in [1.807, 2.05) is 33.8 Å². The molecule has 0 spiro atoms. The summed E-state index contributed by atoms with van der Waals surface area (Å²) >= 11 is 0. The van der Waals surface area contributed by atoms with Crippen molar-refractivity contribution in [3.05, 3.63) is 59.7 Å². The predicted octanol–water partition coefficient (Wildman–Crippen LogP) is 8.46. The second-order valence-corrected chi connectivity index (χ2v) is 10.8. The molecule has 0 heterocycles. The van der Waals surface area contributed by atoms with Gasteiger partial charge in [-0.15, -0.1) is 0 Å². The van der Waals surface area contributed by atoms with Crippen molar-refractivity contribution in [3.8, 4) is 17.6 Å². The second-order valence-electron chi connectivity index (χ2n) is 10.8. The van der Waals surface area contributed by atoms with Crippen molar-refractivity contribution < 1.29 is 33.3 Å². The number of rotatable bonds is 19. The van der Waals surface area contributed by atoms with Gasteiger partial charge in [0, 0.05) is 0 Å². The number of carbonyl (C=O) groups is 3. The molecule has 0 aliphatic heterocycles. The molecular formula is C36H51NO7. The first-order valence-electron chi connectivity index (χ1n) is 16.0. The summed E-state index contributed by atoms with van der Waals surface area (Å²) in [5.41, 5.74) is 0.902. The van der Waals surface area contributed by atoms with E-state index in [4.69, 9.17) is 24.2 Å². The fourth-order valence-electron chi connectivity index (χ4n) is 3.69. The third-order valence-corrected chi connectivity index (χ3v) is 7.11. The fourth-order valence-corrected chi connectivity index (χ4v) is 3.69. The van der Waals surface area contributed by atoms with Crippen LogP contribution in [0.15, 0.2) is 48.5 Å². The molecule has 0 saturated heterocycles. The molecule has 44 heavy (non-hydrogen) atoms. The highest BCUT2D eigenvalue weighted by atomic mass is 16.5. The highest BCUT2D eigenvalue weighted by Crippen LogP contribution is 2.17. The molecule has 0 fully saturated rings. The van der Waals surface area contributed by atoms with E-state index in [0.29, 0.717) is 42.4 Å². The maximum atomic E-state index is 12.2. The normalized spacial score (nSPS) is 11.6. The largest absolute Gasteiger partial charge is 0.494 e. The smallest absolute Gasteiger partial charge is 0.343 e. The summed E-state index contributed by atoms with van der Waals surface area (Å²) in [6.07, 6.45) is 10.5. The van der Waals surface area contributed by atoms with Gasteiger partial charge in [0.05, 0.1) is 48.9 Å². The average Bonchev–Trinajstić information content (AvgIpc) is 3.05. The van der Waals surface area contributed by atoms with Crippen molar-refractivity contribution in [2.75, 3.05) is 19.8 Å². The van der Waals surface area contributed by atoms with Gasteiger partial charge < -0.3 is 18.9 Å². The summed E-state index contributed by atoms with van der Waals surface area (Å²) < 4.78 is 21.3. The van der Waals surface area contributed by atoms with E-state index in [1.165, 1.54) is 32.1 Å². The minimum atomic E-state index is -0.482. The number of ether oxygens (including phenoxy) is 4. The van der Waals surface area contributed by atoms with E-state index in [-0.39, 0.29) is 23.8 Å². The van der Waals surface area contributed by atoms with Crippen LogP contribution in [-0.2, 0) is 19.1 Å². The Balaban J connectivity index is 0.000000546. The van der Waals surface area contributed by atoms with Crippen molar-refractivity contribution in [1.29, 1.82) is 5.26 Å². The Morgan fingerprint density at radius 3 is 1.66 bits per heavy atom. The van der Waals surface area contributed by atoms with Crippen LogP contribution >= 0.6 is 0 Å². The second kappa shape index (κ2) is 23.6. The lowest BCUT2D eigenvalue weighted by Gasteiger charge is -2.10.